The molecule has 2 saturated heterocycles. The molecule has 2 heterocycles. The summed E-state index contributed by atoms with van der Waals surface area (Å²) in [4.78, 5) is 37.1. The van der Waals surface area contributed by atoms with E-state index in [1.54, 1.807) is 4.90 Å². The Balaban J connectivity index is 1.64. The fraction of sp³-hybridized carbons (Fsp3) is 0.769. The highest BCUT2D eigenvalue weighted by molar-refractivity contribution is 6.07. The highest BCUT2D eigenvalue weighted by atomic mass is 16.2. The van der Waals surface area contributed by atoms with E-state index in [1.807, 2.05) is 0 Å². The highest BCUT2D eigenvalue weighted by Crippen LogP contribution is 2.25. The van der Waals surface area contributed by atoms with Gasteiger partial charge < -0.3 is 15.5 Å². The van der Waals surface area contributed by atoms with Crippen LogP contribution in [-0.4, -0.2) is 47.5 Å². The summed E-state index contributed by atoms with van der Waals surface area (Å²) in [5.41, 5.74) is -0.928. The molecule has 0 radical (unpaired) electrons. The molecule has 1 unspecified atom stereocenters. The number of carbonyl (C=O) groups is 3. The van der Waals surface area contributed by atoms with Crippen molar-refractivity contribution >= 4 is 18.0 Å². The van der Waals surface area contributed by atoms with Gasteiger partial charge in [-0.1, -0.05) is 12.8 Å². The van der Waals surface area contributed by atoms with Crippen molar-refractivity contribution < 1.29 is 14.4 Å². The Morgan fingerprint density at radius 3 is 2.65 bits per heavy atom. The molecule has 5 amide bonds. The van der Waals surface area contributed by atoms with Crippen LogP contribution in [0.15, 0.2) is 0 Å². The predicted octanol–water partition coefficient (Wildman–Crippen LogP) is 0.313. The number of urea groups is 2. The number of hydrogen-bond acceptors (Lipinski definition) is 3. The number of imide groups is 1. The summed E-state index contributed by atoms with van der Waals surface area (Å²) >= 11 is 0. The van der Waals surface area contributed by atoms with Crippen molar-refractivity contribution in [2.45, 2.75) is 50.1 Å². The zero-order valence-electron chi connectivity index (χ0n) is 11.4. The Morgan fingerprint density at radius 1 is 1.25 bits per heavy atom. The van der Waals surface area contributed by atoms with Gasteiger partial charge in [-0.05, 0) is 25.7 Å². The molecule has 110 valence electrons. The maximum atomic E-state index is 12.3. The van der Waals surface area contributed by atoms with Gasteiger partial charge in [0.2, 0.25) is 0 Å². The van der Waals surface area contributed by atoms with E-state index in [2.05, 4.69) is 16.0 Å². The monoisotopic (exact) mass is 280 g/mol. The topological polar surface area (TPSA) is 90.5 Å². The van der Waals surface area contributed by atoms with Crippen LogP contribution in [0.25, 0.3) is 0 Å². The third kappa shape index (κ3) is 2.32. The normalized spacial score (nSPS) is 30.5. The summed E-state index contributed by atoms with van der Waals surface area (Å²) in [5, 5.41) is 7.96. The molecule has 3 fully saturated rings. The third-order valence-electron chi connectivity index (χ3n) is 4.48. The van der Waals surface area contributed by atoms with Gasteiger partial charge in [-0.2, -0.15) is 0 Å². The molecule has 2 aliphatic heterocycles. The van der Waals surface area contributed by atoms with E-state index in [9.17, 15) is 14.4 Å². The molecule has 1 spiro atoms. The largest absolute Gasteiger partial charge is 0.335 e. The Hall–Kier alpha value is -1.79. The Kier molecular flexibility index (Phi) is 3.27. The van der Waals surface area contributed by atoms with Crippen LogP contribution in [0.4, 0.5) is 9.59 Å². The molecule has 3 aliphatic rings. The number of nitrogens with zero attached hydrogens (tertiary/aromatic N) is 1. The number of nitrogens with one attached hydrogen (secondary N) is 3. The van der Waals surface area contributed by atoms with E-state index in [4.69, 9.17) is 0 Å². The first-order valence-corrected chi connectivity index (χ1v) is 7.28. The molecule has 0 aromatic heterocycles. The van der Waals surface area contributed by atoms with Gasteiger partial charge in [0.25, 0.3) is 5.91 Å². The summed E-state index contributed by atoms with van der Waals surface area (Å²) < 4.78 is 0. The SMILES string of the molecule is O=C1NC(=O)C2(CCCN(C(=O)NC3CCCC3)C2)N1. The first-order valence-electron chi connectivity index (χ1n) is 7.28. The van der Waals surface area contributed by atoms with Gasteiger partial charge >= 0.3 is 12.1 Å². The minimum absolute atomic E-state index is 0.120. The van der Waals surface area contributed by atoms with Crippen LogP contribution in [0.1, 0.15) is 38.5 Å². The van der Waals surface area contributed by atoms with E-state index in [0.29, 0.717) is 19.4 Å². The van der Waals surface area contributed by atoms with Crippen molar-refractivity contribution in [2.24, 2.45) is 0 Å². The number of carbonyl (C=O) groups excluding carboxylic acids is 3. The van der Waals surface area contributed by atoms with Crippen molar-refractivity contribution in [3.63, 3.8) is 0 Å². The molecule has 3 rings (SSSR count). The van der Waals surface area contributed by atoms with E-state index in [-0.39, 0.29) is 24.5 Å². The second kappa shape index (κ2) is 4.96. The van der Waals surface area contributed by atoms with Crippen LogP contribution >= 0.6 is 0 Å². The third-order valence-corrected chi connectivity index (χ3v) is 4.48. The molecule has 0 aromatic carbocycles. The van der Waals surface area contributed by atoms with Crippen LogP contribution in [0, 0.1) is 0 Å². The average Bonchev–Trinajstić information content (AvgIpc) is 2.99. The van der Waals surface area contributed by atoms with Crippen LogP contribution in [-0.2, 0) is 4.79 Å². The first-order chi connectivity index (χ1) is 9.59. The summed E-state index contributed by atoms with van der Waals surface area (Å²) in [7, 11) is 0. The van der Waals surface area contributed by atoms with Crippen molar-refractivity contribution in [3.05, 3.63) is 0 Å². The fourth-order valence-electron chi connectivity index (χ4n) is 3.38. The standard InChI is InChI=1S/C13H20N4O3/c18-10-13(16-11(19)15-10)6-3-7-17(8-13)12(20)14-9-4-1-2-5-9/h9H,1-8H2,(H,14,20)(H2,15,16,18,19). The minimum Gasteiger partial charge on any atom is -0.335 e. The predicted molar refractivity (Wildman–Crippen MR) is 71.0 cm³/mol. The lowest BCUT2D eigenvalue weighted by atomic mass is 9.89. The molecule has 1 aliphatic carbocycles. The average molecular weight is 280 g/mol. The summed E-state index contributed by atoms with van der Waals surface area (Å²) in [6.07, 6.45) is 5.67. The Morgan fingerprint density at radius 2 is 2.00 bits per heavy atom. The van der Waals surface area contributed by atoms with Gasteiger partial charge in [-0.3, -0.25) is 10.1 Å². The lowest BCUT2D eigenvalue weighted by Crippen LogP contribution is -2.61. The second-order valence-electron chi connectivity index (χ2n) is 5.95. The van der Waals surface area contributed by atoms with Crippen molar-refractivity contribution in [2.75, 3.05) is 13.1 Å². The van der Waals surface area contributed by atoms with Crippen LogP contribution in [0.2, 0.25) is 0 Å². The van der Waals surface area contributed by atoms with Crippen molar-refractivity contribution in [1.29, 1.82) is 0 Å². The Labute approximate surface area is 117 Å². The maximum Gasteiger partial charge on any atom is 0.322 e. The molecule has 20 heavy (non-hydrogen) atoms. The molecule has 0 bridgehead atoms. The lowest BCUT2D eigenvalue weighted by molar-refractivity contribution is -0.125. The number of piperidine rings is 1. The fourth-order valence-corrected chi connectivity index (χ4v) is 3.38. The molecular formula is C13H20N4O3. The van der Waals surface area contributed by atoms with E-state index in [0.717, 1.165) is 25.7 Å². The first kappa shape index (κ1) is 13.2. The molecule has 0 aromatic rings. The lowest BCUT2D eigenvalue weighted by Gasteiger charge is -2.38. The number of likely N-dealkylation sites (tertiary alicyclic amines) is 1. The molecule has 7 heteroatoms. The molecule has 7 nitrogen and oxygen atoms in total. The van der Waals surface area contributed by atoms with Crippen LogP contribution in [0.5, 0.6) is 0 Å². The van der Waals surface area contributed by atoms with Crippen molar-refractivity contribution in [1.82, 2.24) is 20.9 Å². The van der Waals surface area contributed by atoms with Gasteiger partial charge in [0.1, 0.15) is 5.54 Å². The zero-order chi connectivity index (χ0) is 14.2. The van der Waals surface area contributed by atoms with Gasteiger partial charge in [0.05, 0.1) is 6.54 Å². The van der Waals surface area contributed by atoms with Gasteiger partial charge in [-0.15, -0.1) is 0 Å². The van der Waals surface area contributed by atoms with Gasteiger partial charge in [0, 0.05) is 12.6 Å². The van der Waals surface area contributed by atoms with Gasteiger partial charge in [0.15, 0.2) is 0 Å². The molecule has 1 atom stereocenters. The highest BCUT2D eigenvalue weighted by Gasteiger charge is 2.49. The maximum absolute atomic E-state index is 12.3. The second-order valence-corrected chi connectivity index (χ2v) is 5.95. The van der Waals surface area contributed by atoms with E-state index in [1.165, 1.54) is 0 Å². The van der Waals surface area contributed by atoms with Crippen LogP contribution in [0.3, 0.4) is 0 Å². The quantitative estimate of drug-likeness (QED) is 0.604. The summed E-state index contributed by atoms with van der Waals surface area (Å²) in [5.74, 6) is -0.319. The summed E-state index contributed by atoms with van der Waals surface area (Å²) in [6, 6.07) is -0.328. The van der Waals surface area contributed by atoms with Crippen LogP contribution < -0.4 is 16.0 Å². The number of amides is 5. The zero-order valence-corrected chi connectivity index (χ0v) is 11.4. The van der Waals surface area contributed by atoms with E-state index < -0.39 is 11.6 Å². The van der Waals surface area contributed by atoms with Crippen molar-refractivity contribution in [3.8, 4) is 0 Å². The molecule has 1 saturated carbocycles. The summed E-state index contributed by atoms with van der Waals surface area (Å²) in [6.45, 7) is 0.882. The van der Waals surface area contributed by atoms with E-state index >= 15 is 0 Å². The smallest absolute Gasteiger partial charge is 0.322 e. The number of hydrogen-bond donors (Lipinski definition) is 3. The minimum atomic E-state index is -0.928. The van der Waals surface area contributed by atoms with Gasteiger partial charge in [-0.25, -0.2) is 9.59 Å². The molecule has 3 N–H and O–H groups in total. The molecular weight excluding hydrogens is 260 g/mol. The Bertz CT molecular complexity index is 447. The number of rotatable bonds is 1.